The van der Waals surface area contributed by atoms with Crippen LogP contribution in [-0.4, -0.2) is 50.1 Å². The van der Waals surface area contributed by atoms with Gasteiger partial charge in [0, 0.05) is 11.8 Å². The molecule has 312 valence electrons. The van der Waals surface area contributed by atoms with Crippen molar-refractivity contribution in [3.63, 3.8) is 0 Å². The number of amides is 2. The highest BCUT2D eigenvalue weighted by Gasteiger charge is 2.31. The first-order valence-corrected chi connectivity index (χ1v) is 21.0. The molecule has 61 heavy (non-hydrogen) atoms. The Bertz CT molecular complexity index is 2230. The Hall–Kier alpha value is -6.55. The van der Waals surface area contributed by atoms with Crippen molar-refractivity contribution in [2.45, 2.75) is 70.1 Å². The smallest absolute Gasteiger partial charge is 0.407 e. The molecule has 2 unspecified atom stereocenters. The third-order valence-electron chi connectivity index (χ3n) is 11.2. The molecule has 9 nitrogen and oxygen atoms in total. The molecule has 2 aliphatic carbocycles. The van der Waals surface area contributed by atoms with Gasteiger partial charge < -0.3 is 34.4 Å². The van der Waals surface area contributed by atoms with E-state index in [1.165, 1.54) is 44.5 Å². The van der Waals surface area contributed by atoms with Crippen LogP contribution in [0.5, 0.6) is 0 Å². The van der Waals surface area contributed by atoms with Gasteiger partial charge in [0.1, 0.15) is 19.5 Å². The number of fused-ring (bicyclic) bond motifs is 6. The predicted molar refractivity (Wildman–Crippen MR) is 237 cm³/mol. The molecule has 0 radical (unpaired) electrons. The highest BCUT2D eigenvalue weighted by molar-refractivity contribution is 5.80. The normalized spacial score (nSPS) is 13.4. The minimum Gasteiger partial charge on any atom is -0.449 e. The Morgan fingerprint density at radius 3 is 1.23 bits per heavy atom. The monoisotopic (exact) mass is 816 g/mol. The minimum atomic E-state index is -0.638. The van der Waals surface area contributed by atoms with Crippen LogP contribution < -0.4 is 10.6 Å². The zero-order valence-corrected chi connectivity index (χ0v) is 34.6. The number of hydrogen-bond donors (Lipinski definition) is 2. The number of rotatable bonds is 16. The number of benzene rings is 6. The second kappa shape index (κ2) is 21.1. The zero-order valence-electron chi connectivity index (χ0n) is 34.6. The van der Waals surface area contributed by atoms with Gasteiger partial charge >= 0.3 is 12.2 Å². The van der Waals surface area contributed by atoms with E-state index >= 15 is 0 Å². The van der Waals surface area contributed by atoms with Gasteiger partial charge in [-0.1, -0.05) is 172 Å². The summed E-state index contributed by atoms with van der Waals surface area (Å²) in [4.78, 5) is 35.7. The fourth-order valence-electron chi connectivity index (χ4n) is 7.96. The van der Waals surface area contributed by atoms with E-state index in [4.69, 9.17) is 18.9 Å². The Balaban J connectivity index is 0.000000208. The molecule has 0 heterocycles. The van der Waals surface area contributed by atoms with Gasteiger partial charge in [0.25, 0.3) is 0 Å². The van der Waals surface area contributed by atoms with E-state index in [-0.39, 0.29) is 31.1 Å². The summed E-state index contributed by atoms with van der Waals surface area (Å²) in [6.07, 6.45) is 0.232. The van der Waals surface area contributed by atoms with E-state index in [2.05, 4.69) is 59.2 Å². The maximum atomic E-state index is 13.0. The van der Waals surface area contributed by atoms with Crippen LogP contribution >= 0.6 is 0 Å². The predicted octanol–water partition coefficient (Wildman–Crippen LogP) is 10.6. The molecular formula is C52H52N2O7. The lowest BCUT2D eigenvalue weighted by atomic mass is 9.98. The van der Waals surface area contributed by atoms with E-state index in [0.29, 0.717) is 26.1 Å². The van der Waals surface area contributed by atoms with Crippen LogP contribution in [0.15, 0.2) is 158 Å². The second-order valence-corrected chi connectivity index (χ2v) is 15.1. The molecule has 2 aliphatic rings. The molecule has 9 heteroatoms. The Labute approximate surface area is 358 Å². The summed E-state index contributed by atoms with van der Waals surface area (Å²) in [5.74, 6) is 0.0390. The second-order valence-electron chi connectivity index (χ2n) is 15.1. The summed E-state index contributed by atoms with van der Waals surface area (Å²) in [6.45, 7) is 5.11. The van der Waals surface area contributed by atoms with E-state index in [9.17, 15) is 14.4 Å². The van der Waals surface area contributed by atoms with Crippen LogP contribution in [0.25, 0.3) is 22.3 Å². The molecule has 6 aromatic carbocycles. The van der Waals surface area contributed by atoms with E-state index in [1.807, 2.05) is 123 Å². The Kier molecular flexibility index (Phi) is 14.7. The average Bonchev–Trinajstić information content (AvgIpc) is 3.81. The van der Waals surface area contributed by atoms with Crippen molar-refractivity contribution in [2.75, 3.05) is 13.2 Å². The van der Waals surface area contributed by atoms with Gasteiger partial charge in [0.2, 0.25) is 0 Å². The fourth-order valence-corrected chi connectivity index (χ4v) is 7.96. The molecule has 0 fully saturated rings. The number of carbonyl (C=O) groups is 3. The van der Waals surface area contributed by atoms with Crippen molar-refractivity contribution in [3.8, 4) is 22.3 Å². The molecule has 0 saturated carbocycles. The molecule has 2 N–H and O–H groups in total. The van der Waals surface area contributed by atoms with Gasteiger partial charge in [-0.25, -0.2) is 9.59 Å². The summed E-state index contributed by atoms with van der Waals surface area (Å²) in [7, 11) is 0. The lowest BCUT2D eigenvalue weighted by Gasteiger charge is -2.27. The number of ether oxygens (including phenoxy) is 4. The zero-order chi connectivity index (χ0) is 42.4. The third-order valence-corrected chi connectivity index (χ3v) is 11.2. The number of carbonyl (C=O) groups excluding carboxylic acids is 3. The summed E-state index contributed by atoms with van der Waals surface area (Å²) >= 11 is 0. The third kappa shape index (κ3) is 10.6. The Morgan fingerprint density at radius 1 is 0.508 bits per heavy atom. The van der Waals surface area contributed by atoms with Gasteiger partial charge in [-0.15, -0.1) is 0 Å². The molecule has 0 saturated heterocycles. The molecule has 0 spiro atoms. The van der Waals surface area contributed by atoms with E-state index in [0.717, 1.165) is 17.4 Å². The highest BCUT2D eigenvalue weighted by atomic mass is 16.7. The number of nitrogens with one attached hydrogen (secondary N) is 2. The number of alkyl carbamates (subject to hydrolysis) is 2. The number of aldehydes is 1. The van der Waals surface area contributed by atoms with Crippen molar-refractivity contribution in [1.82, 2.24) is 10.6 Å². The maximum absolute atomic E-state index is 13.0. The van der Waals surface area contributed by atoms with Crippen LogP contribution in [0, 0.1) is 0 Å². The van der Waals surface area contributed by atoms with Crippen molar-refractivity contribution in [2.24, 2.45) is 0 Å². The van der Waals surface area contributed by atoms with Crippen molar-refractivity contribution in [3.05, 3.63) is 191 Å². The summed E-state index contributed by atoms with van der Waals surface area (Å²) < 4.78 is 23.5. The first-order chi connectivity index (χ1) is 30.0. The van der Waals surface area contributed by atoms with Gasteiger partial charge in [0.15, 0.2) is 6.29 Å². The first kappa shape index (κ1) is 42.6. The average molecular weight is 817 g/mol. The van der Waals surface area contributed by atoms with Crippen molar-refractivity contribution < 1.29 is 33.3 Å². The van der Waals surface area contributed by atoms with Crippen molar-refractivity contribution >= 4 is 18.5 Å². The molecule has 0 aromatic heterocycles. The summed E-state index contributed by atoms with van der Waals surface area (Å²) in [5, 5.41) is 5.56. The topological polar surface area (TPSA) is 112 Å². The highest BCUT2D eigenvalue weighted by Crippen LogP contribution is 2.45. The lowest BCUT2D eigenvalue weighted by molar-refractivity contribution is -0.172. The van der Waals surface area contributed by atoms with Crippen LogP contribution in [0.2, 0.25) is 0 Å². The summed E-state index contributed by atoms with van der Waals surface area (Å²) in [5.41, 5.74) is 11.6. The maximum Gasteiger partial charge on any atom is 0.407 e. The first-order valence-electron chi connectivity index (χ1n) is 21.0. The van der Waals surface area contributed by atoms with Crippen molar-refractivity contribution in [1.29, 1.82) is 0 Å². The SMILES string of the molecule is CCC(C=O)NC(=O)OCC1c2ccccc2-c2ccccc21.CCC(NC(=O)OCC1c2ccccc2-c2ccccc21)C(OCc1ccccc1)OCc1ccccc1. The molecule has 2 amide bonds. The van der Waals surface area contributed by atoms with E-state index in [1.54, 1.807) is 0 Å². The summed E-state index contributed by atoms with van der Waals surface area (Å²) in [6, 6.07) is 52.0. The van der Waals surface area contributed by atoms with Crippen LogP contribution in [0.3, 0.4) is 0 Å². The van der Waals surface area contributed by atoms with Gasteiger partial charge in [-0.3, -0.25) is 0 Å². The van der Waals surface area contributed by atoms with Gasteiger partial charge in [-0.2, -0.15) is 0 Å². The van der Waals surface area contributed by atoms with Crippen LogP contribution in [0.4, 0.5) is 9.59 Å². The number of hydrogen-bond acceptors (Lipinski definition) is 7. The van der Waals surface area contributed by atoms with E-state index < -0.39 is 24.5 Å². The standard InChI is InChI=1S/C33H33NO4.C19H19NO3/c1-2-31(32(36-21-24-13-5-3-6-14-24)37-22-25-15-7-4-8-16-25)34-33(35)38-23-30-28-19-11-9-17-26(28)27-18-10-12-20-29(27)30;1-2-13(11-21)20-19(22)23-12-18-16-9-5-3-7-14(16)15-8-4-6-10-17(15)18/h3-20,30-32H,2,21-23H2,1H3,(H,34,35);3-11,13,18H,2,12H2,1H3,(H,20,22). The van der Waals surface area contributed by atoms with Gasteiger partial charge in [-0.05, 0) is 68.5 Å². The fraction of sp³-hybridized carbons (Fsp3) is 0.250. The molecule has 6 aromatic rings. The Morgan fingerprint density at radius 2 is 0.869 bits per heavy atom. The van der Waals surface area contributed by atoms with Gasteiger partial charge in [0.05, 0.1) is 25.3 Å². The molecule has 0 bridgehead atoms. The quantitative estimate of drug-likeness (QED) is 0.0739. The molecule has 8 rings (SSSR count). The largest absolute Gasteiger partial charge is 0.449 e. The molecule has 2 atom stereocenters. The molecule has 0 aliphatic heterocycles. The van der Waals surface area contributed by atoms with Crippen LogP contribution in [0.1, 0.15) is 71.9 Å². The molecular weight excluding hydrogens is 765 g/mol. The minimum absolute atomic E-state index is 0.00712. The lowest BCUT2D eigenvalue weighted by Crippen LogP contribution is -2.45. The van der Waals surface area contributed by atoms with Crippen LogP contribution in [-0.2, 0) is 37.0 Å².